The summed E-state index contributed by atoms with van der Waals surface area (Å²) in [7, 11) is 0. The molecular weight excluding hydrogens is 328 g/mol. The number of aliphatic hydroxyl groups is 1. The maximum atomic E-state index is 11.3. The van der Waals surface area contributed by atoms with Gasteiger partial charge in [-0.25, -0.2) is 4.79 Å². The second kappa shape index (κ2) is 12.5. The molecule has 25 heavy (non-hydrogen) atoms. The first-order valence-corrected chi connectivity index (χ1v) is 8.82. The fourth-order valence-corrected chi connectivity index (χ4v) is 2.62. The molecule has 0 aromatic carbocycles. The molecule has 0 aromatic rings. The first kappa shape index (κ1) is 23.1. The predicted molar refractivity (Wildman–Crippen MR) is 92.3 cm³/mol. The SMILES string of the molecule is CCCCCCCCCCC=CC(C(=O)O)C(O)(CC(=O)O)C(=O)O. The Bertz CT molecular complexity index is 458. The molecule has 7 nitrogen and oxygen atoms in total. The third-order valence-electron chi connectivity index (χ3n) is 4.12. The molecule has 0 aliphatic carbocycles. The van der Waals surface area contributed by atoms with Crippen molar-refractivity contribution in [2.45, 2.75) is 76.7 Å². The van der Waals surface area contributed by atoms with Crippen molar-refractivity contribution < 1.29 is 34.8 Å². The predicted octanol–water partition coefficient (Wildman–Crippen LogP) is 3.06. The van der Waals surface area contributed by atoms with Crippen molar-refractivity contribution in [2.24, 2.45) is 5.92 Å². The van der Waals surface area contributed by atoms with E-state index in [1.807, 2.05) is 0 Å². The lowest BCUT2D eigenvalue weighted by atomic mass is 9.84. The van der Waals surface area contributed by atoms with E-state index in [1.54, 1.807) is 0 Å². The van der Waals surface area contributed by atoms with Gasteiger partial charge in [0.05, 0.1) is 6.42 Å². The van der Waals surface area contributed by atoms with Crippen LogP contribution in [0.25, 0.3) is 0 Å². The van der Waals surface area contributed by atoms with Gasteiger partial charge in [0, 0.05) is 0 Å². The molecule has 0 aliphatic rings. The summed E-state index contributed by atoms with van der Waals surface area (Å²) < 4.78 is 0. The summed E-state index contributed by atoms with van der Waals surface area (Å²) in [5.74, 6) is -6.82. The Hall–Kier alpha value is -1.89. The summed E-state index contributed by atoms with van der Waals surface area (Å²) in [6, 6.07) is 0. The van der Waals surface area contributed by atoms with Gasteiger partial charge in [-0.05, 0) is 12.8 Å². The molecule has 0 radical (unpaired) electrons. The van der Waals surface area contributed by atoms with Crippen molar-refractivity contribution >= 4 is 17.9 Å². The van der Waals surface area contributed by atoms with Crippen LogP contribution in [0.3, 0.4) is 0 Å². The van der Waals surface area contributed by atoms with Crippen molar-refractivity contribution in [1.82, 2.24) is 0 Å². The molecule has 144 valence electrons. The summed E-state index contributed by atoms with van der Waals surface area (Å²) in [6.07, 6.45) is 11.0. The van der Waals surface area contributed by atoms with E-state index in [4.69, 9.17) is 15.3 Å². The van der Waals surface area contributed by atoms with Gasteiger partial charge < -0.3 is 20.4 Å². The zero-order valence-corrected chi connectivity index (χ0v) is 14.8. The van der Waals surface area contributed by atoms with Crippen LogP contribution >= 0.6 is 0 Å². The topological polar surface area (TPSA) is 132 Å². The van der Waals surface area contributed by atoms with Gasteiger partial charge in [-0.1, -0.05) is 64.0 Å². The molecule has 0 heterocycles. The summed E-state index contributed by atoms with van der Waals surface area (Å²) in [6.45, 7) is 2.17. The van der Waals surface area contributed by atoms with Gasteiger partial charge >= 0.3 is 17.9 Å². The minimum absolute atomic E-state index is 0.557. The number of hydrogen-bond donors (Lipinski definition) is 4. The molecule has 0 spiro atoms. The van der Waals surface area contributed by atoms with Crippen LogP contribution in [-0.4, -0.2) is 43.9 Å². The number of unbranched alkanes of at least 4 members (excludes halogenated alkanes) is 8. The Kier molecular flexibility index (Phi) is 11.5. The van der Waals surface area contributed by atoms with Gasteiger partial charge in [0.1, 0.15) is 5.92 Å². The second-order valence-corrected chi connectivity index (χ2v) is 6.31. The van der Waals surface area contributed by atoms with Crippen molar-refractivity contribution in [3.8, 4) is 0 Å². The Balaban J connectivity index is 4.42. The monoisotopic (exact) mass is 358 g/mol. The van der Waals surface area contributed by atoms with E-state index in [-0.39, 0.29) is 0 Å². The van der Waals surface area contributed by atoms with Gasteiger partial charge in [0.15, 0.2) is 5.60 Å². The fourth-order valence-electron chi connectivity index (χ4n) is 2.62. The van der Waals surface area contributed by atoms with E-state index in [9.17, 15) is 19.5 Å². The van der Waals surface area contributed by atoms with Crippen molar-refractivity contribution in [3.05, 3.63) is 12.2 Å². The van der Waals surface area contributed by atoms with E-state index in [0.717, 1.165) is 25.3 Å². The Labute approximate surface area is 148 Å². The second-order valence-electron chi connectivity index (χ2n) is 6.31. The smallest absolute Gasteiger partial charge is 0.337 e. The number of carboxylic acids is 3. The third kappa shape index (κ3) is 9.24. The first-order chi connectivity index (χ1) is 11.8. The van der Waals surface area contributed by atoms with Crippen LogP contribution in [0, 0.1) is 5.92 Å². The third-order valence-corrected chi connectivity index (χ3v) is 4.12. The molecule has 0 rings (SSSR count). The van der Waals surface area contributed by atoms with Crippen LogP contribution in [0.5, 0.6) is 0 Å². The summed E-state index contributed by atoms with van der Waals surface area (Å²) in [5.41, 5.74) is -2.87. The molecule has 0 aromatic heterocycles. The number of carbonyl (C=O) groups is 3. The Morgan fingerprint density at radius 1 is 0.920 bits per heavy atom. The van der Waals surface area contributed by atoms with Crippen LogP contribution in [0.4, 0.5) is 0 Å². The van der Waals surface area contributed by atoms with Crippen molar-refractivity contribution in [1.29, 1.82) is 0 Å². The number of rotatable bonds is 15. The molecule has 0 saturated carbocycles. The summed E-state index contributed by atoms with van der Waals surface area (Å²) in [5, 5.41) is 37.0. The quantitative estimate of drug-likeness (QED) is 0.261. The van der Waals surface area contributed by atoms with E-state index < -0.39 is 35.8 Å². The fraction of sp³-hybridized carbons (Fsp3) is 0.722. The minimum atomic E-state index is -2.87. The lowest BCUT2D eigenvalue weighted by Crippen LogP contribution is -2.50. The lowest BCUT2D eigenvalue weighted by molar-refractivity contribution is -0.175. The standard InChI is InChI=1S/C18H30O7/c1-2-3-4-5-6-7-8-9-10-11-12-14(16(21)22)18(25,17(23)24)13-15(19)20/h11-12,14,25H,2-10,13H2,1H3,(H,19,20)(H,21,22)(H,23,24). The molecular formula is C18H30O7. The largest absolute Gasteiger partial charge is 0.481 e. The normalized spacial score (nSPS) is 15.0. The molecule has 2 unspecified atom stereocenters. The molecule has 0 saturated heterocycles. The average Bonchev–Trinajstić information content (AvgIpc) is 2.51. The van der Waals surface area contributed by atoms with Crippen LogP contribution < -0.4 is 0 Å². The van der Waals surface area contributed by atoms with Gasteiger partial charge in [-0.3, -0.25) is 9.59 Å². The zero-order valence-electron chi connectivity index (χ0n) is 14.8. The highest BCUT2D eigenvalue weighted by atomic mass is 16.4. The summed E-state index contributed by atoms with van der Waals surface area (Å²) >= 11 is 0. The van der Waals surface area contributed by atoms with Crippen molar-refractivity contribution in [2.75, 3.05) is 0 Å². The number of carboxylic acid groups (broad SMARTS) is 3. The molecule has 7 heteroatoms. The van der Waals surface area contributed by atoms with Crippen molar-refractivity contribution in [3.63, 3.8) is 0 Å². The minimum Gasteiger partial charge on any atom is -0.481 e. The van der Waals surface area contributed by atoms with E-state index >= 15 is 0 Å². The van der Waals surface area contributed by atoms with E-state index in [2.05, 4.69) is 6.92 Å². The van der Waals surface area contributed by atoms with Crippen LogP contribution in [0.15, 0.2) is 12.2 Å². The molecule has 2 atom stereocenters. The highest BCUT2D eigenvalue weighted by Gasteiger charge is 2.48. The first-order valence-electron chi connectivity index (χ1n) is 8.82. The Morgan fingerprint density at radius 2 is 1.44 bits per heavy atom. The van der Waals surface area contributed by atoms with Gasteiger partial charge in [0.2, 0.25) is 0 Å². The van der Waals surface area contributed by atoms with Crippen LogP contribution in [0.1, 0.15) is 71.1 Å². The molecule has 0 fully saturated rings. The summed E-state index contributed by atoms with van der Waals surface area (Å²) in [4.78, 5) is 33.2. The maximum Gasteiger partial charge on any atom is 0.337 e. The molecule has 0 aliphatic heterocycles. The number of hydrogen-bond acceptors (Lipinski definition) is 4. The number of allylic oxidation sites excluding steroid dienone is 1. The van der Waals surface area contributed by atoms with E-state index in [0.29, 0.717) is 6.42 Å². The Morgan fingerprint density at radius 3 is 1.88 bits per heavy atom. The highest BCUT2D eigenvalue weighted by molar-refractivity contribution is 5.90. The van der Waals surface area contributed by atoms with E-state index in [1.165, 1.54) is 38.2 Å². The lowest BCUT2D eigenvalue weighted by Gasteiger charge is -2.26. The maximum absolute atomic E-state index is 11.3. The van der Waals surface area contributed by atoms with Crippen LogP contribution in [0.2, 0.25) is 0 Å². The highest BCUT2D eigenvalue weighted by Crippen LogP contribution is 2.25. The number of aliphatic carboxylic acids is 3. The van der Waals surface area contributed by atoms with Gasteiger partial charge in [0.25, 0.3) is 0 Å². The van der Waals surface area contributed by atoms with Gasteiger partial charge in [-0.2, -0.15) is 0 Å². The van der Waals surface area contributed by atoms with Gasteiger partial charge in [-0.15, -0.1) is 0 Å². The molecule has 0 amide bonds. The molecule has 0 bridgehead atoms. The molecule has 4 N–H and O–H groups in total. The average molecular weight is 358 g/mol. The van der Waals surface area contributed by atoms with Crippen LogP contribution in [-0.2, 0) is 14.4 Å². The zero-order chi connectivity index (χ0) is 19.3.